The molecule has 0 amide bonds. The third-order valence-electron chi connectivity index (χ3n) is 6.25. The molecule has 0 radical (unpaired) electrons. The molecule has 2 aliphatic rings. The monoisotopic (exact) mass is 504 g/mol. The molecule has 7 nitrogen and oxygen atoms in total. The molecule has 8 heteroatoms. The van der Waals surface area contributed by atoms with E-state index in [4.69, 9.17) is 9.73 Å². The smallest absolute Gasteiger partial charge is 0.191 e. The molecule has 28 heavy (non-hydrogen) atoms. The molecule has 1 heterocycles. The van der Waals surface area contributed by atoms with Gasteiger partial charge in [-0.3, -0.25) is 9.67 Å². The normalized spacial score (nSPS) is 24.3. The van der Waals surface area contributed by atoms with Crippen LogP contribution in [-0.2, 0) is 11.8 Å². The van der Waals surface area contributed by atoms with Gasteiger partial charge in [0.1, 0.15) is 0 Å². The van der Waals surface area contributed by atoms with E-state index in [1.54, 1.807) is 0 Å². The maximum atomic E-state index is 5.98. The number of guanidine groups is 1. The maximum Gasteiger partial charge on any atom is 0.191 e. The SMILES string of the molecule is CCNC(=NCC(c1cnn(C)c1)N(C)C)NC1CC(OCC)C12CCC2.I. The molecule has 2 aliphatic carbocycles. The number of hydrogen-bond donors (Lipinski definition) is 2. The Morgan fingerprint density at radius 1 is 1.43 bits per heavy atom. The number of aliphatic imine (C=N–C) groups is 1. The van der Waals surface area contributed by atoms with E-state index in [0.717, 1.165) is 25.5 Å². The molecule has 0 bridgehead atoms. The molecular weight excluding hydrogens is 467 g/mol. The highest BCUT2D eigenvalue weighted by atomic mass is 127. The van der Waals surface area contributed by atoms with Gasteiger partial charge in [0, 0.05) is 43.4 Å². The second-order valence-corrected chi connectivity index (χ2v) is 8.11. The van der Waals surface area contributed by atoms with Crippen LogP contribution in [0.4, 0.5) is 0 Å². The minimum Gasteiger partial charge on any atom is -0.378 e. The number of nitrogens with one attached hydrogen (secondary N) is 2. The van der Waals surface area contributed by atoms with Crippen LogP contribution in [0.25, 0.3) is 0 Å². The zero-order valence-electron chi connectivity index (χ0n) is 17.9. The lowest BCUT2D eigenvalue weighted by atomic mass is 9.51. The third kappa shape index (κ3) is 4.81. The van der Waals surface area contributed by atoms with Gasteiger partial charge < -0.3 is 20.3 Å². The Morgan fingerprint density at radius 2 is 2.18 bits per heavy atom. The molecule has 1 spiro atoms. The van der Waals surface area contributed by atoms with Crippen LogP contribution in [0, 0.1) is 5.41 Å². The summed E-state index contributed by atoms with van der Waals surface area (Å²) in [6, 6.07) is 0.682. The van der Waals surface area contributed by atoms with Crippen molar-refractivity contribution >= 4 is 29.9 Å². The van der Waals surface area contributed by atoms with Crippen molar-refractivity contribution in [2.24, 2.45) is 17.5 Å². The summed E-state index contributed by atoms with van der Waals surface area (Å²) in [7, 11) is 6.14. The average Bonchev–Trinajstić information content (AvgIpc) is 2.98. The van der Waals surface area contributed by atoms with Gasteiger partial charge in [-0.1, -0.05) is 6.42 Å². The van der Waals surface area contributed by atoms with E-state index in [1.165, 1.54) is 24.8 Å². The minimum atomic E-state index is 0. The Morgan fingerprint density at radius 3 is 2.68 bits per heavy atom. The summed E-state index contributed by atoms with van der Waals surface area (Å²) >= 11 is 0. The lowest BCUT2D eigenvalue weighted by Gasteiger charge is -2.61. The molecule has 160 valence electrons. The number of ether oxygens (including phenoxy) is 1. The fourth-order valence-electron chi connectivity index (χ4n) is 4.48. The van der Waals surface area contributed by atoms with E-state index in [1.807, 2.05) is 17.9 Å². The Hall–Kier alpha value is -0.870. The summed E-state index contributed by atoms with van der Waals surface area (Å²) in [6.45, 7) is 6.58. The van der Waals surface area contributed by atoms with Gasteiger partial charge in [0.15, 0.2) is 5.96 Å². The molecule has 1 aromatic heterocycles. The van der Waals surface area contributed by atoms with Crippen LogP contribution < -0.4 is 10.6 Å². The van der Waals surface area contributed by atoms with E-state index in [0.29, 0.717) is 24.1 Å². The predicted molar refractivity (Wildman–Crippen MR) is 124 cm³/mol. The van der Waals surface area contributed by atoms with Crippen LogP contribution in [0.3, 0.4) is 0 Å². The number of halogens is 1. The van der Waals surface area contributed by atoms with Gasteiger partial charge >= 0.3 is 0 Å². The number of aromatic nitrogens is 2. The number of nitrogens with zero attached hydrogens (tertiary/aromatic N) is 4. The Balaban J connectivity index is 0.00000280. The van der Waals surface area contributed by atoms with Crippen molar-refractivity contribution in [1.82, 2.24) is 25.3 Å². The Labute approximate surface area is 186 Å². The highest BCUT2D eigenvalue weighted by Crippen LogP contribution is 2.57. The van der Waals surface area contributed by atoms with Gasteiger partial charge in [-0.05, 0) is 47.2 Å². The fourth-order valence-corrected chi connectivity index (χ4v) is 4.48. The van der Waals surface area contributed by atoms with E-state index in [-0.39, 0.29) is 30.0 Å². The van der Waals surface area contributed by atoms with Crippen molar-refractivity contribution in [3.63, 3.8) is 0 Å². The molecule has 1 aromatic rings. The van der Waals surface area contributed by atoms with Crippen molar-refractivity contribution in [2.45, 2.75) is 57.7 Å². The molecule has 0 aromatic carbocycles. The van der Waals surface area contributed by atoms with Crippen molar-refractivity contribution in [2.75, 3.05) is 33.8 Å². The van der Waals surface area contributed by atoms with Gasteiger partial charge in [-0.2, -0.15) is 5.10 Å². The van der Waals surface area contributed by atoms with Crippen molar-refractivity contribution in [1.29, 1.82) is 0 Å². The molecule has 0 saturated heterocycles. The lowest BCUT2D eigenvalue weighted by molar-refractivity contribution is -0.168. The zero-order chi connectivity index (χ0) is 19.4. The first kappa shape index (κ1) is 23.4. The molecule has 2 fully saturated rings. The molecule has 3 rings (SSSR count). The molecule has 3 atom stereocenters. The van der Waals surface area contributed by atoms with E-state index < -0.39 is 0 Å². The standard InChI is InChI=1S/C20H36N6O.HI/c1-6-21-19(22-13-16(25(3)4)15-12-23-26(5)14-15)24-17-11-18(27-7-2)20(17)9-8-10-20;/h12,14,16-18H,6-11,13H2,1-5H3,(H2,21,22,24);1H. The van der Waals surface area contributed by atoms with E-state index in [2.05, 4.69) is 54.8 Å². The summed E-state index contributed by atoms with van der Waals surface area (Å²) in [5, 5.41) is 11.4. The van der Waals surface area contributed by atoms with Crippen LogP contribution in [0.15, 0.2) is 17.4 Å². The average molecular weight is 504 g/mol. The minimum absolute atomic E-state index is 0. The first-order valence-electron chi connectivity index (χ1n) is 10.3. The Bertz CT molecular complexity index is 642. The van der Waals surface area contributed by atoms with Gasteiger partial charge in [-0.25, -0.2) is 0 Å². The van der Waals surface area contributed by atoms with Crippen LogP contribution in [0.1, 0.15) is 51.1 Å². The molecule has 0 aliphatic heterocycles. The molecule has 2 N–H and O–H groups in total. The van der Waals surface area contributed by atoms with Crippen LogP contribution in [0.5, 0.6) is 0 Å². The largest absolute Gasteiger partial charge is 0.378 e. The van der Waals surface area contributed by atoms with E-state index in [9.17, 15) is 0 Å². The zero-order valence-corrected chi connectivity index (χ0v) is 20.3. The van der Waals surface area contributed by atoms with Gasteiger partial charge in [0.25, 0.3) is 0 Å². The number of rotatable bonds is 8. The summed E-state index contributed by atoms with van der Waals surface area (Å²) < 4.78 is 7.83. The van der Waals surface area contributed by atoms with Gasteiger partial charge in [0.05, 0.1) is 24.9 Å². The number of likely N-dealkylation sites (N-methyl/N-ethyl adjacent to an activating group) is 1. The molecule has 2 saturated carbocycles. The number of aryl methyl sites for hydroxylation is 1. The van der Waals surface area contributed by atoms with Gasteiger partial charge in [0.2, 0.25) is 0 Å². The molecule has 3 unspecified atom stereocenters. The second-order valence-electron chi connectivity index (χ2n) is 8.11. The van der Waals surface area contributed by atoms with Crippen LogP contribution in [-0.4, -0.2) is 66.6 Å². The van der Waals surface area contributed by atoms with Crippen LogP contribution >= 0.6 is 24.0 Å². The van der Waals surface area contributed by atoms with Gasteiger partial charge in [-0.15, -0.1) is 24.0 Å². The summed E-state index contributed by atoms with van der Waals surface area (Å²) in [6.07, 6.45) is 9.36. The maximum absolute atomic E-state index is 5.98. The highest BCUT2D eigenvalue weighted by Gasteiger charge is 2.59. The summed E-state index contributed by atoms with van der Waals surface area (Å²) in [5.74, 6) is 0.916. The first-order valence-corrected chi connectivity index (χ1v) is 10.3. The fraction of sp³-hybridized carbons (Fsp3) is 0.800. The predicted octanol–water partition coefficient (Wildman–Crippen LogP) is 2.54. The van der Waals surface area contributed by atoms with Crippen molar-refractivity contribution < 1.29 is 4.74 Å². The second kappa shape index (κ2) is 10.2. The van der Waals surface area contributed by atoms with Crippen LogP contribution in [0.2, 0.25) is 0 Å². The first-order chi connectivity index (χ1) is 13.0. The van der Waals surface area contributed by atoms with Crippen molar-refractivity contribution in [3.05, 3.63) is 18.0 Å². The highest BCUT2D eigenvalue weighted by molar-refractivity contribution is 14.0. The summed E-state index contributed by atoms with van der Waals surface area (Å²) in [4.78, 5) is 7.11. The molecular formula is C20H37IN6O. The quantitative estimate of drug-likeness (QED) is 0.324. The van der Waals surface area contributed by atoms with E-state index >= 15 is 0 Å². The summed E-state index contributed by atoms with van der Waals surface area (Å²) in [5.41, 5.74) is 1.52. The topological polar surface area (TPSA) is 66.7 Å². The third-order valence-corrected chi connectivity index (χ3v) is 6.25. The lowest BCUT2D eigenvalue weighted by Crippen LogP contribution is -2.68. The number of hydrogen-bond acceptors (Lipinski definition) is 4. The van der Waals surface area contributed by atoms with Crippen molar-refractivity contribution in [3.8, 4) is 0 Å². The Kier molecular flexibility index (Phi) is 8.57.